The van der Waals surface area contributed by atoms with Gasteiger partial charge in [-0.1, -0.05) is 26.0 Å². The Morgan fingerprint density at radius 3 is 2.80 bits per heavy atom. The lowest BCUT2D eigenvalue weighted by molar-refractivity contribution is -0.230. The monoisotopic (exact) mass is 277 g/mol. The molecule has 2 heterocycles. The van der Waals surface area contributed by atoms with Crippen LogP contribution in [-0.4, -0.2) is 23.0 Å². The van der Waals surface area contributed by atoms with Crippen LogP contribution in [0, 0.1) is 17.8 Å². The van der Waals surface area contributed by atoms with Gasteiger partial charge in [-0.2, -0.15) is 0 Å². The summed E-state index contributed by atoms with van der Waals surface area (Å²) in [6.07, 6.45) is 8.44. The number of carbonyl (C=O) groups excluding carboxylic acids is 2. The van der Waals surface area contributed by atoms with E-state index in [9.17, 15) is 9.59 Å². The molecule has 5 atom stereocenters. The number of hydrogen-bond donors (Lipinski definition) is 1. The molecule has 1 aliphatic carbocycles. The highest BCUT2D eigenvalue weighted by Gasteiger charge is 2.78. The Labute approximate surface area is 119 Å². The van der Waals surface area contributed by atoms with Crippen molar-refractivity contribution in [2.24, 2.45) is 17.8 Å². The second-order valence-corrected chi connectivity index (χ2v) is 6.57. The zero-order valence-electron chi connectivity index (χ0n) is 12.4. The minimum Gasteiger partial charge on any atom is -0.453 e. The molecule has 0 spiro atoms. The van der Waals surface area contributed by atoms with Crippen LogP contribution in [-0.2, 0) is 14.3 Å². The van der Waals surface area contributed by atoms with Crippen LogP contribution < -0.4 is 5.32 Å². The molecule has 0 aromatic heterocycles. The number of fused-ring (bicyclic) bond motifs is 1. The van der Waals surface area contributed by atoms with Crippen molar-refractivity contribution in [1.29, 1.82) is 0 Å². The topological polar surface area (TPSA) is 55.4 Å². The summed E-state index contributed by atoms with van der Waals surface area (Å²) in [5.74, 6) is -0.101. The molecule has 0 radical (unpaired) electrons. The van der Waals surface area contributed by atoms with E-state index in [4.69, 9.17) is 4.74 Å². The zero-order valence-corrected chi connectivity index (χ0v) is 12.4. The van der Waals surface area contributed by atoms with Crippen LogP contribution in [0.15, 0.2) is 12.2 Å². The minimum atomic E-state index is -0.822. The number of carbonyl (C=O) groups is 2. The van der Waals surface area contributed by atoms with Crippen molar-refractivity contribution >= 4 is 11.9 Å². The van der Waals surface area contributed by atoms with E-state index < -0.39 is 11.1 Å². The number of amides is 1. The Balaban J connectivity index is 1.97. The maximum absolute atomic E-state index is 12.3. The van der Waals surface area contributed by atoms with Crippen molar-refractivity contribution in [2.75, 3.05) is 0 Å². The Morgan fingerprint density at radius 1 is 1.50 bits per heavy atom. The van der Waals surface area contributed by atoms with Gasteiger partial charge in [-0.15, -0.1) is 0 Å². The average Bonchev–Trinajstić information content (AvgIpc) is 2.62. The molecule has 0 saturated carbocycles. The fourth-order valence-electron chi connectivity index (χ4n) is 4.47. The molecule has 0 unspecified atom stereocenters. The number of ether oxygens (including phenoxy) is 1. The lowest BCUT2D eigenvalue weighted by atomic mass is 9.61. The van der Waals surface area contributed by atoms with Crippen LogP contribution >= 0.6 is 0 Å². The molecule has 2 aliphatic heterocycles. The third-order valence-electron chi connectivity index (χ3n) is 5.74. The molecular formula is C16H23NO3. The molecule has 20 heavy (non-hydrogen) atoms. The Morgan fingerprint density at radius 2 is 2.25 bits per heavy atom. The molecule has 1 amide bonds. The van der Waals surface area contributed by atoms with Crippen molar-refractivity contribution in [3.8, 4) is 0 Å². The molecule has 1 N–H and O–H groups in total. The second kappa shape index (κ2) is 4.34. The predicted octanol–water partition coefficient (Wildman–Crippen LogP) is 2.19. The fraction of sp³-hybridized carbons (Fsp3) is 0.750. The largest absolute Gasteiger partial charge is 0.453 e. The third-order valence-corrected chi connectivity index (χ3v) is 5.74. The average molecular weight is 277 g/mol. The summed E-state index contributed by atoms with van der Waals surface area (Å²) in [5, 5.41) is 3.01. The van der Waals surface area contributed by atoms with Gasteiger partial charge in [-0.05, 0) is 38.5 Å². The number of rotatable bonds is 3. The standard InChI is InChI=1S/C16H23NO3/c1-4-12-13(18)17-16(14(19)20-15(12,16)3)10(2)11-8-6-5-7-9-11/h6,8,10-12H,4-5,7,9H2,1-3H3,(H,17,18)/t10-,11+,12-,15-,16-/m0/s1. The van der Waals surface area contributed by atoms with Crippen LogP contribution in [0.4, 0.5) is 0 Å². The van der Waals surface area contributed by atoms with Gasteiger partial charge in [0.25, 0.3) is 0 Å². The van der Waals surface area contributed by atoms with E-state index in [2.05, 4.69) is 24.4 Å². The van der Waals surface area contributed by atoms with Crippen molar-refractivity contribution in [2.45, 2.75) is 57.6 Å². The summed E-state index contributed by atoms with van der Waals surface area (Å²) in [7, 11) is 0. The highest BCUT2D eigenvalue weighted by molar-refractivity contribution is 6.01. The Kier molecular flexibility index (Phi) is 2.96. The second-order valence-electron chi connectivity index (χ2n) is 6.57. The van der Waals surface area contributed by atoms with Gasteiger partial charge >= 0.3 is 5.97 Å². The number of nitrogens with one attached hydrogen (secondary N) is 1. The smallest absolute Gasteiger partial charge is 0.337 e. The maximum Gasteiger partial charge on any atom is 0.337 e. The molecule has 3 rings (SSSR count). The molecule has 110 valence electrons. The summed E-state index contributed by atoms with van der Waals surface area (Å²) >= 11 is 0. The van der Waals surface area contributed by atoms with E-state index in [0.29, 0.717) is 12.3 Å². The Hall–Kier alpha value is -1.32. The molecule has 0 aromatic carbocycles. The first kappa shape index (κ1) is 13.7. The summed E-state index contributed by atoms with van der Waals surface area (Å²) < 4.78 is 5.49. The first-order valence-corrected chi connectivity index (χ1v) is 7.69. The highest BCUT2D eigenvalue weighted by atomic mass is 16.6. The minimum absolute atomic E-state index is 0.0347. The van der Waals surface area contributed by atoms with Crippen LogP contribution in [0.25, 0.3) is 0 Å². The predicted molar refractivity (Wildman–Crippen MR) is 74.8 cm³/mol. The molecule has 4 heteroatoms. The molecular weight excluding hydrogens is 254 g/mol. The van der Waals surface area contributed by atoms with Gasteiger partial charge in [0.05, 0.1) is 5.92 Å². The number of allylic oxidation sites excluding steroid dienone is 2. The number of hydrogen-bond acceptors (Lipinski definition) is 3. The molecule has 0 bridgehead atoms. The van der Waals surface area contributed by atoms with Gasteiger partial charge in [0, 0.05) is 5.92 Å². The third kappa shape index (κ3) is 1.42. The van der Waals surface area contributed by atoms with Gasteiger partial charge < -0.3 is 10.1 Å². The molecule has 2 fully saturated rings. The van der Waals surface area contributed by atoms with E-state index in [-0.39, 0.29) is 23.7 Å². The SMILES string of the molecule is CC[C@H]1C(=O)N[C@@]2([C@@H](C)[C@@H]3C=CCCC3)C(=O)O[C@@]12C. The van der Waals surface area contributed by atoms with E-state index in [1.165, 1.54) is 0 Å². The first-order valence-electron chi connectivity index (χ1n) is 7.69. The van der Waals surface area contributed by atoms with Gasteiger partial charge in [-0.3, -0.25) is 4.79 Å². The molecule has 2 saturated heterocycles. The van der Waals surface area contributed by atoms with Crippen molar-refractivity contribution < 1.29 is 14.3 Å². The quantitative estimate of drug-likeness (QED) is 0.635. The summed E-state index contributed by atoms with van der Waals surface area (Å²) in [6, 6.07) is 0. The fourth-order valence-corrected chi connectivity index (χ4v) is 4.47. The van der Waals surface area contributed by atoms with Crippen LogP contribution in [0.2, 0.25) is 0 Å². The lowest BCUT2D eigenvalue weighted by Crippen LogP contribution is -2.77. The van der Waals surface area contributed by atoms with Crippen LogP contribution in [0.1, 0.15) is 46.5 Å². The van der Waals surface area contributed by atoms with E-state index in [1.807, 2.05) is 13.8 Å². The summed E-state index contributed by atoms with van der Waals surface area (Å²) in [4.78, 5) is 24.5. The van der Waals surface area contributed by atoms with Gasteiger partial charge in [0.15, 0.2) is 11.1 Å². The lowest BCUT2D eigenvalue weighted by Gasteiger charge is -2.55. The normalized spacial score (nSPS) is 44.4. The van der Waals surface area contributed by atoms with Crippen molar-refractivity contribution in [3.05, 3.63) is 12.2 Å². The number of esters is 1. The summed E-state index contributed by atoms with van der Waals surface area (Å²) in [5.41, 5.74) is -1.50. The Bertz CT molecular complexity index is 486. The van der Waals surface area contributed by atoms with Gasteiger partial charge in [0.1, 0.15) is 0 Å². The maximum atomic E-state index is 12.3. The molecule has 0 aromatic rings. The van der Waals surface area contributed by atoms with E-state index in [1.54, 1.807) is 0 Å². The van der Waals surface area contributed by atoms with Crippen LogP contribution in [0.5, 0.6) is 0 Å². The first-order chi connectivity index (χ1) is 9.47. The summed E-state index contributed by atoms with van der Waals surface area (Å²) in [6.45, 7) is 5.98. The van der Waals surface area contributed by atoms with Crippen molar-refractivity contribution in [3.63, 3.8) is 0 Å². The highest BCUT2D eigenvalue weighted by Crippen LogP contribution is 2.55. The molecule has 4 nitrogen and oxygen atoms in total. The van der Waals surface area contributed by atoms with Crippen LogP contribution in [0.3, 0.4) is 0 Å². The molecule has 3 aliphatic rings. The zero-order chi connectivity index (χ0) is 14.5. The van der Waals surface area contributed by atoms with E-state index >= 15 is 0 Å². The van der Waals surface area contributed by atoms with Gasteiger partial charge in [0.2, 0.25) is 5.91 Å². The van der Waals surface area contributed by atoms with E-state index in [0.717, 1.165) is 19.3 Å². The van der Waals surface area contributed by atoms with Gasteiger partial charge in [-0.25, -0.2) is 4.79 Å². The van der Waals surface area contributed by atoms with Crippen molar-refractivity contribution in [1.82, 2.24) is 5.32 Å².